The van der Waals surface area contributed by atoms with E-state index < -0.39 is 0 Å². The maximum absolute atomic E-state index is 10.7. The molecule has 1 aromatic rings. The van der Waals surface area contributed by atoms with E-state index in [2.05, 4.69) is 11.2 Å². The quantitative estimate of drug-likeness (QED) is 0.600. The first-order valence-electron chi connectivity index (χ1n) is 2.31. The molecule has 0 aliphatic rings. The zero-order valence-corrected chi connectivity index (χ0v) is 8.93. The molecule has 0 aromatic carbocycles. The van der Waals surface area contributed by atoms with Gasteiger partial charge in [0.05, 0.1) is 0 Å². The second-order valence-corrected chi connectivity index (χ2v) is 1.91. The van der Waals surface area contributed by atoms with E-state index in [9.17, 15) is 4.79 Å². The van der Waals surface area contributed by atoms with E-state index in [4.69, 9.17) is 11.6 Å². The minimum Gasteiger partial charge on any atom is -0.380 e. The van der Waals surface area contributed by atoms with E-state index in [1.807, 2.05) is 0 Å². The van der Waals surface area contributed by atoms with Crippen LogP contribution in [0.25, 0.3) is 0 Å². The standard InChI is InChI=1S/C5H4ClN2O.Y/c1-8-5(9)4(6)2-3-7-8;/h3H,1H3;/q-1;. The van der Waals surface area contributed by atoms with Crippen molar-refractivity contribution in [2.45, 2.75) is 0 Å². The van der Waals surface area contributed by atoms with Crippen molar-refractivity contribution >= 4 is 11.6 Å². The largest absolute Gasteiger partial charge is 0.380 e. The van der Waals surface area contributed by atoms with Crippen molar-refractivity contribution in [3.05, 3.63) is 27.6 Å². The second-order valence-electron chi connectivity index (χ2n) is 1.53. The van der Waals surface area contributed by atoms with Crippen molar-refractivity contribution in [2.75, 3.05) is 0 Å². The first kappa shape index (κ1) is 10.3. The zero-order chi connectivity index (χ0) is 6.85. The van der Waals surface area contributed by atoms with Crippen molar-refractivity contribution in [2.24, 2.45) is 7.05 Å². The molecular formula is C5H4ClN2OY-. The number of aromatic nitrogens is 2. The monoisotopic (exact) mass is 232 g/mol. The van der Waals surface area contributed by atoms with Gasteiger partial charge in [-0.2, -0.15) is 0 Å². The maximum Gasteiger partial charge on any atom is 0.125 e. The Hall–Kier alpha value is 0.274. The SMILES string of the molecule is Cn1nc[c-]c(Cl)c1=O.[Y]. The number of rotatable bonds is 0. The first-order valence-corrected chi connectivity index (χ1v) is 2.69. The summed E-state index contributed by atoms with van der Waals surface area (Å²) in [4.78, 5) is 10.7. The Bertz CT molecular complexity index is 249. The molecule has 1 aromatic heterocycles. The van der Waals surface area contributed by atoms with Crippen LogP contribution >= 0.6 is 11.6 Å². The van der Waals surface area contributed by atoms with E-state index in [1.54, 1.807) is 0 Å². The first-order chi connectivity index (χ1) is 4.22. The molecule has 0 saturated carbocycles. The number of halogens is 1. The molecule has 51 valence electrons. The van der Waals surface area contributed by atoms with Gasteiger partial charge in [0.2, 0.25) is 0 Å². The summed E-state index contributed by atoms with van der Waals surface area (Å²) in [6.07, 6.45) is 1.35. The Balaban J connectivity index is 0.000000810. The topological polar surface area (TPSA) is 34.9 Å². The maximum atomic E-state index is 10.7. The minimum atomic E-state index is -0.320. The molecule has 1 rings (SSSR count). The molecular weight excluding hydrogens is 228 g/mol. The summed E-state index contributed by atoms with van der Waals surface area (Å²) in [6, 6.07) is 2.46. The smallest absolute Gasteiger partial charge is 0.125 e. The summed E-state index contributed by atoms with van der Waals surface area (Å²) in [5, 5.41) is 3.68. The number of hydrogen-bond acceptors (Lipinski definition) is 2. The number of hydrogen-bond donors (Lipinski definition) is 0. The van der Waals surface area contributed by atoms with E-state index >= 15 is 0 Å². The van der Waals surface area contributed by atoms with Gasteiger partial charge in [0, 0.05) is 39.8 Å². The Labute approximate surface area is 88.3 Å². The molecule has 0 atom stereocenters. The fraction of sp³-hybridized carbons (Fsp3) is 0.200. The third kappa shape index (κ3) is 2.15. The van der Waals surface area contributed by atoms with Crippen LogP contribution in [0.1, 0.15) is 0 Å². The predicted octanol–water partition coefficient (Wildman–Crippen LogP) is 0.231. The zero-order valence-electron chi connectivity index (χ0n) is 5.34. The molecule has 5 heteroatoms. The third-order valence-corrected chi connectivity index (χ3v) is 1.17. The molecule has 0 amide bonds. The van der Waals surface area contributed by atoms with Gasteiger partial charge in [-0.25, -0.2) is 11.2 Å². The molecule has 1 radical (unpaired) electrons. The van der Waals surface area contributed by atoms with Crippen molar-refractivity contribution in [1.82, 2.24) is 9.78 Å². The molecule has 0 aliphatic carbocycles. The normalized spacial score (nSPS) is 8.60. The fourth-order valence-corrected chi connectivity index (χ4v) is 0.599. The van der Waals surface area contributed by atoms with E-state index in [1.165, 1.54) is 13.2 Å². The summed E-state index contributed by atoms with van der Waals surface area (Å²) in [6.45, 7) is 0. The van der Waals surface area contributed by atoms with Gasteiger partial charge >= 0.3 is 0 Å². The molecule has 1 heterocycles. The predicted molar refractivity (Wildman–Crippen MR) is 33.3 cm³/mol. The van der Waals surface area contributed by atoms with E-state index in [-0.39, 0.29) is 43.3 Å². The van der Waals surface area contributed by atoms with Crippen LogP contribution in [0.4, 0.5) is 0 Å². The van der Waals surface area contributed by atoms with Crippen molar-refractivity contribution in [3.8, 4) is 0 Å². The molecule has 0 saturated heterocycles. The van der Waals surface area contributed by atoms with Gasteiger partial charge in [0.25, 0.3) is 0 Å². The second kappa shape index (κ2) is 4.21. The van der Waals surface area contributed by atoms with Crippen LogP contribution in [0.3, 0.4) is 0 Å². The van der Waals surface area contributed by atoms with Gasteiger partial charge in [0.15, 0.2) is 0 Å². The Morgan fingerprint density at radius 2 is 2.40 bits per heavy atom. The Morgan fingerprint density at radius 3 is 2.80 bits per heavy atom. The van der Waals surface area contributed by atoms with Crippen LogP contribution in [0.15, 0.2) is 11.0 Å². The number of nitrogens with zero attached hydrogens (tertiary/aromatic N) is 2. The van der Waals surface area contributed by atoms with Gasteiger partial charge < -0.3 is 9.48 Å². The van der Waals surface area contributed by atoms with Gasteiger partial charge in [-0.1, -0.05) is 5.02 Å². The summed E-state index contributed by atoms with van der Waals surface area (Å²) in [5.74, 6) is 0. The van der Waals surface area contributed by atoms with Crippen molar-refractivity contribution < 1.29 is 32.7 Å². The number of aryl methyl sites for hydroxylation is 1. The van der Waals surface area contributed by atoms with Gasteiger partial charge in [-0.15, -0.1) is 11.6 Å². The third-order valence-electron chi connectivity index (χ3n) is 0.904. The molecule has 0 spiro atoms. The Morgan fingerprint density at radius 1 is 1.80 bits per heavy atom. The molecule has 0 aliphatic heterocycles. The average Bonchev–Trinajstić information content (AvgIpc) is 1.83. The van der Waals surface area contributed by atoms with E-state index in [0.717, 1.165) is 4.68 Å². The summed E-state index contributed by atoms with van der Waals surface area (Å²) in [5.41, 5.74) is -0.320. The van der Waals surface area contributed by atoms with Gasteiger partial charge in [0.1, 0.15) is 5.56 Å². The van der Waals surface area contributed by atoms with Crippen molar-refractivity contribution in [3.63, 3.8) is 0 Å². The van der Waals surface area contributed by atoms with Crippen LogP contribution in [0.5, 0.6) is 0 Å². The molecule has 0 unspecified atom stereocenters. The average molecular weight is 232 g/mol. The fourth-order valence-electron chi connectivity index (χ4n) is 0.428. The van der Waals surface area contributed by atoms with Crippen LogP contribution in [-0.4, -0.2) is 9.78 Å². The molecule has 0 bridgehead atoms. The van der Waals surface area contributed by atoms with Crippen LogP contribution in [-0.2, 0) is 39.8 Å². The summed E-state index contributed by atoms with van der Waals surface area (Å²) >= 11 is 5.39. The van der Waals surface area contributed by atoms with Gasteiger partial charge in [-0.05, 0) is 6.20 Å². The summed E-state index contributed by atoms with van der Waals surface area (Å²) in [7, 11) is 1.53. The van der Waals surface area contributed by atoms with Gasteiger partial charge in [-0.3, -0.25) is 0 Å². The summed E-state index contributed by atoms with van der Waals surface area (Å²) < 4.78 is 1.15. The molecule has 0 fully saturated rings. The van der Waals surface area contributed by atoms with E-state index in [0.29, 0.717) is 0 Å². The minimum absolute atomic E-state index is 0. The molecule has 10 heavy (non-hydrogen) atoms. The van der Waals surface area contributed by atoms with Crippen LogP contribution in [0.2, 0.25) is 5.02 Å². The molecule has 0 N–H and O–H groups in total. The van der Waals surface area contributed by atoms with Crippen molar-refractivity contribution in [1.29, 1.82) is 0 Å². The molecule has 3 nitrogen and oxygen atoms in total. The van der Waals surface area contributed by atoms with Crippen LogP contribution in [0, 0.1) is 6.07 Å². The Kier molecular flexibility index (Phi) is 4.33. The van der Waals surface area contributed by atoms with Crippen LogP contribution < -0.4 is 5.56 Å².